The van der Waals surface area contributed by atoms with Crippen molar-refractivity contribution in [2.75, 3.05) is 13.1 Å². The van der Waals surface area contributed by atoms with Crippen molar-refractivity contribution in [3.8, 4) is 0 Å². The van der Waals surface area contributed by atoms with E-state index in [0.29, 0.717) is 25.9 Å². The minimum absolute atomic E-state index is 0. The van der Waals surface area contributed by atoms with E-state index < -0.39 is 11.3 Å². The Hall–Kier alpha value is 0.110. The summed E-state index contributed by atoms with van der Waals surface area (Å²) in [5, 5.41) is 3.09. The first-order chi connectivity index (χ1) is 5.66. The van der Waals surface area contributed by atoms with Gasteiger partial charge in [-0.15, -0.1) is 12.4 Å². The third-order valence-corrected chi connectivity index (χ3v) is 3.42. The highest BCUT2D eigenvalue weighted by Crippen LogP contribution is 2.51. The van der Waals surface area contributed by atoms with Crippen molar-refractivity contribution < 1.29 is 8.78 Å². The lowest BCUT2D eigenvalue weighted by atomic mass is 9.76. The standard InChI is InChI=1S/C9H15F2N.ClH/c10-9(11)5-6-12-7-8(9)3-1-2-4-8;/h12H,1-7H2;1H. The lowest BCUT2D eigenvalue weighted by molar-refractivity contribution is -0.138. The molecule has 1 saturated heterocycles. The van der Waals surface area contributed by atoms with E-state index in [-0.39, 0.29) is 18.8 Å². The summed E-state index contributed by atoms with van der Waals surface area (Å²) in [6, 6.07) is 0. The van der Waals surface area contributed by atoms with E-state index in [9.17, 15) is 8.78 Å². The molecule has 1 aliphatic heterocycles. The lowest BCUT2D eigenvalue weighted by Crippen LogP contribution is -2.52. The molecule has 0 aromatic heterocycles. The van der Waals surface area contributed by atoms with E-state index in [1.54, 1.807) is 0 Å². The molecule has 4 heteroatoms. The van der Waals surface area contributed by atoms with Crippen LogP contribution in [0.2, 0.25) is 0 Å². The zero-order valence-electron chi connectivity index (χ0n) is 7.61. The molecule has 2 aliphatic rings. The summed E-state index contributed by atoms with van der Waals surface area (Å²) < 4.78 is 27.0. The molecule has 13 heavy (non-hydrogen) atoms. The van der Waals surface area contributed by atoms with Crippen LogP contribution in [-0.2, 0) is 0 Å². The molecular weight excluding hydrogens is 196 g/mol. The van der Waals surface area contributed by atoms with Crippen LogP contribution < -0.4 is 5.32 Å². The Morgan fingerprint density at radius 1 is 1.00 bits per heavy atom. The predicted octanol–water partition coefficient (Wildman–Crippen LogP) is 2.60. The zero-order valence-corrected chi connectivity index (χ0v) is 8.43. The summed E-state index contributed by atoms with van der Waals surface area (Å²) in [7, 11) is 0. The van der Waals surface area contributed by atoms with Crippen molar-refractivity contribution >= 4 is 12.4 Å². The van der Waals surface area contributed by atoms with Crippen LogP contribution in [0.15, 0.2) is 0 Å². The van der Waals surface area contributed by atoms with Crippen molar-refractivity contribution in [3.63, 3.8) is 0 Å². The van der Waals surface area contributed by atoms with Gasteiger partial charge in [0.25, 0.3) is 5.92 Å². The fraction of sp³-hybridized carbons (Fsp3) is 1.00. The Kier molecular flexibility index (Phi) is 3.18. The minimum Gasteiger partial charge on any atom is -0.316 e. The van der Waals surface area contributed by atoms with Crippen LogP contribution in [0.3, 0.4) is 0 Å². The SMILES string of the molecule is Cl.FC1(F)CCNCC12CCCC2. The van der Waals surface area contributed by atoms with Crippen LogP contribution in [0.1, 0.15) is 32.1 Å². The first-order valence-electron chi connectivity index (χ1n) is 4.75. The highest BCUT2D eigenvalue weighted by Gasteiger charge is 2.55. The maximum Gasteiger partial charge on any atom is 0.256 e. The molecule has 1 spiro atoms. The van der Waals surface area contributed by atoms with Gasteiger partial charge < -0.3 is 5.32 Å². The molecule has 1 saturated carbocycles. The van der Waals surface area contributed by atoms with E-state index >= 15 is 0 Å². The number of rotatable bonds is 0. The third-order valence-electron chi connectivity index (χ3n) is 3.42. The van der Waals surface area contributed by atoms with E-state index in [4.69, 9.17) is 0 Å². The monoisotopic (exact) mass is 211 g/mol. The van der Waals surface area contributed by atoms with Gasteiger partial charge in [0.2, 0.25) is 0 Å². The molecule has 1 heterocycles. The molecule has 0 atom stereocenters. The van der Waals surface area contributed by atoms with Crippen LogP contribution in [-0.4, -0.2) is 19.0 Å². The Morgan fingerprint density at radius 2 is 1.62 bits per heavy atom. The molecule has 0 radical (unpaired) electrons. The van der Waals surface area contributed by atoms with E-state index in [0.717, 1.165) is 12.8 Å². The fourth-order valence-electron chi connectivity index (χ4n) is 2.56. The first-order valence-corrected chi connectivity index (χ1v) is 4.75. The van der Waals surface area contributed by atoms with Gasteiger partial charge in [0, 0.05) is 24.9 Å². The average Bonchev–Trinajstić information content (AvgIpc) is 2.46. The number of halogens is 3. The number of hydrogen-bond acceptors (Lipinski definition) is 1. The van der Waals surface area contributed by atoms with E-state index in [1.807, 2.05) is 0 Å². The minimum atomic E-state index is -2.41. The second kappa shape index (κ2) is 3.70. The van der Waals surface area contributed by atoms with Crippen LogP contribution in [0.5, 0.6) is 0 Å². The quantitative estimate of drug-likeness (QED) is 0.650. The molecule has 0 aromatic rings. The molecule has 1 N–H and O–H groups in total. The van der Waals surface area contributed by atoms with Crippen molar-refractivity contribution in [2.45, 2.75) is 38.0 Å². The zero-order chi connectivity index (χ0) is 8.66. The van der Waals surface area contributed by atoms with E-state index in [2.05, 4.69) is 5.32 Å². The number of nitrogens with one attached hydrogen (secondary N) is 1. The highest BCUT2D eigenvalue weighted by molar-refractivity contribution is 5.85. The van der Waals surface area contributed by atoms with Crippen LogP contribution in [0.4, 0.5) is 8.78 Å². The van der Waals surface area contributed by atoms with Gasteiger partial charge in [-0.2, -0.15) is 0 Å². The fourth-order valence-corrected chi connectivity index (χ4v) is 2.56. The van der Waals surface area contributed by atoms with Gasteiger partial charge in [-0.1, -0.05) is 12.8 Å². The first kappa shape index (κ1) is 11.2. The van der Waals surface area contributed by atoms with Crippen LogP contribution >= 0.6 is 12.4 Å². The average molecular weight is 212 g/mol. The molecular formula is C9H16ClF2N. The lowest BCUT2D eigenvalue weighted by Gasteiger charge is -2.41. The van der Waals surface area contributed by atoms with Crippen molar-refractivity contribution in [3.05, 3.63) is 0 Å². The summed E-state index contributed by atoms with van der Waals surface area (Å²) >= 11 is 0. The van der Waals surface area contributed by atoms with Gasteiger partial charge in [-0.25, -0.2) is 8.78 Å². The molecule has 0 aromatic carbocycles. The molecule has 0 bridgehead atoms. The van der Waals surface area contributed by atoms with Gasteiger partial charge >= 0.3 is 0 Å². The summed E-state index contributed by atoms with van der Waals surface area (Å²) in [4.78, 5) is 0. The number of piperidine rings is 1. The van der Waals surface area contributed by atoms with Crippen LogP contribution in [0, 0.1) is 5.41 Å². The Morgan fingerprint density at radius 3 is 2.15 bits per heavy atom. The maximum atomic E-state index is 13.5. The summed E-state index contributed by atoms with van der Waals surface area (Å²) in [5.74, 6) is -2.41. The summed E-state index contributed by atoms with van der Waals surface area (Å²) in [5.41, 5.74) is -0.675. The van der Waals surface area contributed by atoms with Gasteiger partial charge in [-0.05, 0) is 12.8 Å². The normalized spacial score (nSPS) is 30.0. The topological polar surface area (TPSA) is 12.0 Å². The smallest absolute Gasteiger partial charge is 0.256 e. The Balaban J connectivity index is 0.000000845. The predicted molar refractivity (Wildman–Crippen MR) is 50.6 cm³/mol. The largest absolute Gasteiger partial charge is 0.316 e. The Labute approximate surface area is 83.7 Å². The van der Waals surface area contributed by atoms with Crippen molar-refractivity contribution in [1.82, 2.24) is 5.32 Å². The van der Waals surface area contributed by atoms with Gasteiger partial charge in [0.05, 0.1) is 0 Å². The Bertz CT molecular complexity index is 178. The van der Waals surface area contributed by atoms with E-state index in [1.165, 1.54) is 0 Å². The van der Waals surface area contributed by atoms with Crippen LogP contribution in [0.25, 0.3) is 0 Å². The summed E-state index contributed by atoms with van der Waals surface area (Å²) in [6.45, 7) is 1.01. The highest BCUT2D eigenvalue weighted by atomic mass is 35.5. The van der Waals surface area contributed by atoms with Gasteiger partial charge in [0.15, 0.2) is 0 Å². The molecule has 1 aliphatic carbocycles. The number of alkyl halides is 2. The van der Waals surface area contributed by atoms with Crippen molar-refractivity contribution in [2.24, 2.45) is 5.41 Å². The second-order valence-corrected chi connectivity index (χ2v) is 4.12. The van der Waals surface area contributed by atoms with Gasteiger partial charge in [-0.3, -0.25) is 0 Å². The number of hydrogen-bond donors (Lipinski definition) is 1. The molecule has 1 nitrogen and oxygen atoms in total. The molecule has 0 amide bonds. The summed E-state index contributed by atoms with van der Waals surface area (Å²) in [6.07, 6.45) is 3.43. The molecule has 78 valence electrons. The molecule has 2 fully saturated rings. The van der Waals surface area contributed by atoms with Gasteiger partial charge in [0.1, 0.15) is 0 Å². The molecule has 2 rings (SSSR count). The second-order valence-electron chi connectivity index (χ2n) is 4.12. The maximum absolute atomic E-state index is 13.5. The third kappa shape index (κ3) is 1.68. The van der Waals surface area contributed by atoms with Crippen molar-refractivity contribution in [1.29, 1.82) is 0 Å². The molecule has 0 unspecified atom stereocenters.